The van der Waals surface area contributed by atoms with Gasteiger partial charge in [0.1, 0.15) is 6.29 Å². The quantitative estimate of drug-likeness (QED) is 0.802. The summed E-state index contributed by atoms with van der Waals surface area (Å²) in [5.74, 6) is 0. The Morgan fingerprint density at radius 1 is 1.39 bits per heavy atom. The lowest BCUT2D eigenvalue weighted by atomic mass is 9.89. The van der Waals surface area contributed by atoms with Gasteiger partial charge in [-0.1, -0.05) is 37.3 Å². The molecule has 1 heterocycles. The summed E-state index contributed by atoms with van der Waals surface area (Å²) >= 11 is 0. The number of benzene rings is 1. The summed E-state index contributed by atoms with van der Waals surface area (Å²) in [6.45, 7) is 2.83. The van der Waals surface area contributed by atoms with E-state index in [0.717, 1.165) is 19.1 Å². The molecule has 18 heavy (non-hydrogen) atoms. The molecule has 1 saturated heterocycles. The van der Waals surface area contributed by atoms with E-state index in [0.29, 0.717) is 6.54 Å². The molecular formula is C14H18N2O2. The zero-order valence-corrected chi connectivity index (χ0v) is 10.6. The maximum atomic E-state index is 11.8. The van der Waals surface area contributed by atoms with E-state index in [4.69, 9.17) is 0 Å². The predicted molar refractivity (Wildman–Crippen MR) is 69.3 cm³/mol. The number of hydrogen-bond acceptors (Lipinski definition) is 2. The highest BCUT2D eigenvalue weighted by atomic mass is 16.2. The fraction of sp³-hybridized carbons (Fsp3) is 0.429. The lowest BCUT2D eigenvalue weighted by Gasteiger charge is -2.27. The highest BCUT2D eigenvalue weighted by molar-refractivity contribution is 5.80. The van der Waals surface area contributed by atoms with E-state index >= 15 is 0 Å². The van der Waals surface area contributed by atoms with Crippen molar-refractivity contribution in [3.63, 3.8) is 0 Å². The van der Waals surface area contributed by atoms with Gasteiger partial charge in [-0.05, 0) is 18.4 Å². The highest BCUT2D eigenvalue weighted by Gasteiger charge is 2.40. The lowest BCUT2D eigenvalue weighted by Crippen LogP contribution is -2.44. The SMILES string of the molecule is CC[C@@]1(Cc2ccccc2)CN(CC=O)C(=O)N1. The third-order valence-electron chi connectivity index (χ3n) is 3.51. The van der Waals surface area contributed by atoms with Gasteiger partial charge in [0, 0.05) is 6.54 Å². The molecule has 1 aromatic carbocycles. The van der Waals surface area contributed by atoms with Crippen LogP contribution >= 0.6 is 0 Å². The Bertz CT molecular complexity index is 433. The normalized spacial score (nSPS) is 22.9. The summed E-state index contributed by atoms with van der Waals surface area (Å²) in [7, 11) is 0. The second-order valence-corrected chi connectivity index (χ2v) is 4.77. The van der Waals surface area contributed by atoms with Crippen LogP contribution in [0.2, 0.25) is 0 Å². The Labute approximate surface area is 107 Å². The molecule has 1 fully saturated rings. The molecule has 1 atom stereocenters. The molecular weight excluding hydrogens is 228 g/mol. The van der Waals surface area contributed by atoms with E-state index in [1.54, 1.807) is 4.90 Å². The van der Waals surface area contributed by atoms with Crippen molar-refractivity contribution in [2.24, 2.45) is 0 Å². The van der Waals surface area contributed by atoms with Crippen molar-refractivity contribution < 1.29 is 9.59 Å². The zero-order valence-electron chi connectivity index (χ0n) is 10.6. The van der Waals surface area contributed by atoms with Gasteiger partial charge >= 0.3 is 6.03 Å². The molecule has 0 spiro atoms. The molecule has 1 aromatic rings. The fourth-order valence-corrected chi connectivity index (χ4v) is 2.43. The molecule has 96 valence electrons. The first kappa shape index (κ1) is 12.6. The van der Waals surface area contributed by atoms with E-state index in [2.05, 4.69) is 24.4 Å². The third-order valence-corrected chi connectivity index (χ3v) is 3.51. The predicted octanol–water partition coefficient (Wildman–Crippen LogP) is 1.60. The Hall–Kier alpha value is -1.84. The van der Waals surface area contributed by atoms with Crippen LogP contribution in [-0.2, 0) is 11.2 Å². The molecule has 2 amide bonds. The molecule has 0 saturated carbocycles. The van der Waals surface area contributed by atoms with Gasteiger partial charge in [0.15, 0.2) is 0 Å². The van der Waals surface area contributed by atoms with Crippen LogP contribution in [0.4, 0.5) is 4.79 Å². The minimum atomic E-state index is -0.249. The van der Waals surface area contributed by atoms with Gasteiger partial charge in [0.25, 0.3) is 0 Å². The number of amides is 2. The van der Waals surface area contributed by atoms with Gasteiger partial charge in [0.2, 0.25) is 0 Å². The molecule has 1 aliphatic rings. The summed E-state index contributed by atoms with van der Waals surface area (Å²) in [4.78, 5) is 23.9. The lowest BCUT2D eigenvalue weighted by molar-refractivity contribution is -0.108. The van der Waals surface area contributed by atoms with E-state index in [1.807, 2.05) is 18.2 Å². The van der Waals surface area contributed by atoms with Crippen molar-refractivity contribution in [3.8, 4) is 0 Å². The summed E-state index contributed by atoms with van der Waals surface area (Å²) < 4.78 is 0. The van der Waals surface area contributed by atoms with Crippen LogP contribution in [0.3, 0.4) is 0 Å². The van der Waals surface area contributed by atoms with Crippen molar-refractivity contribution >= 4 is 12.3 Å². The summed E-state index contributed by atoms with van der Waals surface area (Å²) in [5.41, 5.74) is 0.953. The fourth-order valence-electron chi connectivity index (χ4n) is 2.43. The van der Waals surface area contributed by atoms with Gasteiger partial charge in [-0.15, -0.1) is 0 Å². The molecule has 2 rings (SSSR count). The number of carbonyl (C=O) groups excluding carboxylic acids is 2. The largest absolute Gasteiger partial charge is 0.330 e. The first-order chi connectivity index (χ1) is 8.69. The van der Waals surface area contributed by atoms with Crippen LogP contribution in [0.5, 0.6) is 0 Å². The monoisotopic (exact) mass is 246 g/mol. The second-order valence-electron chi connectivity index (χ2n) is 4.77. The summed E-state index contributed by atoms with van der Waals surface area (Å²) in [6, 6.07) is 9.96. The summed E-state index contributed by atoms with van der Waals surface area (Å²) in [5, 5.41) is 3.03. The van der Waals surface area contributed by atoms with Gasteiger partial charge in [-0.3, -0.25) is 0 Å². The van der Waals surface area contributed by atoms with E-state index in [1.165, 1.54) is 5.56 Å². The van der Waals surface area contributed by atoms with Gasteiger partial charge < -0.3 is 15.0 Å². The molecule has 4 heteroatoms. The van der Waals surface area contributed by atoms with Crippen LogP contribution in [0, 0.1) is 0 Å². The molecule has 1 N–H and O–H groups in total. The number of rotatable bonds is 5. The van der Waals surface area contributed by atoms with Gasteiger partial charge in [-0.25, -0.2) is 4.79 Å². The third kappa shape index (κ3) is 2.53. The Morgan fingerprint density at radius 3 is 2.72 bits per heavy atom. The minimum Gasteiger partial charge on any atom is -0.330 e. The van der Waals surface area contributed by atoms with Crippen LogP contribution in [-0.4, -0.2) is 35.8 Å². The van der Waals surface area contributed by atoms with E-state index in [-0.39, 0.29) is 18.1 Å². The number of nitrogens with one attached hydrogen (secondary N) is 1. The maximum absolute atomic E-state index is 11.8. The average Bonchev–Trinajstić information content (AvgIpc) is 2.68. The smallest absolute Gasteiger partial charge is 0.318 e. The standard InChI is InChI=1S/C14H18N2O2/c1-2-14(10-12-6-4-3-5-7-12)11-16(8-9-17)13(18)15-14/h3-7,9H,2,8,10-11H2,1H3,(H,15,18)/t14-/m1/s1. The number of carbonyl (C=O) groups is 2. The summed E-state index contributed by atoms with van der Waals surface area (Å²) in [6.07, 6.45) is 2.42. The Morgan fingerprint density at radius 2 is 2.11 bits per heavy atom. The van der Waals surface area contributed by atoms with E-state index in [9.17, 15) is 9.59 Å². The molecule has 0 aliphatic carbocycles. The number of aldehydes is 1. The molecule has 0 aromatic heterocycles. The first-order valence-electron chi connectivity index (χ1n) is 6.24. The molecule has 1 aliphatic heterocycles. The first-order valence-corrected chi connectivity index (χ1v) is 6.24. The molecule has 0 unspecified atom stereocenters. The van der Waals surface area contributed by atoms with Crippen LogP contribution in [0.15, 0.2) is 30.3 Å². The number of urea groups is 1. The van der Waals surface area contributed by atoms with Crippen molar-refractivity contribution in [3.05, 3.63) is 35.9 Å². The van der Waals surface area contributed by atoms with Crippen LogP contribution in [0.1, 0.15) is 18.9 Å². The number of nitrogens with zero attached hydrogens (tertiary/aromatic N) is 1. The molecule has 0 bridgehead atoms. The van der Waals surface area contributed by atoms with Gasteiger partial charge in [-0.2, -0.15) is 0 Å². The zero-order chi connectivity index (χ0) is 13.0. The van der Waals surface area contributed by atoms with Crippen molar-refractivity contribution in [1.29, 1.82) is 0 Å². The Kier molecular flexibility index (Phi) is 3.65. The van der Waals surface area contributed by atoms with Crippen molar-refractivity contribution in [1.82, 2.24) is 10.2 Å². The van der Waals surface area contributed by atoms with Crippen LogP contribution in [0.25, 0.3) is 0 Å². The second kappa shape index (κ2) is 5.21. The van der Waals surface area contributed by atoms with Crippen molar-refractivity contribution in [2.45, 2.75) is 25.3 Å². The topological polar surface area (TPSA) is 49.4 Å². The molecule has 4 nitrogen and oxygen atoms in total. The average molecular weight is 246 g/mol. The van der Waals surface area contributed by atoms with Crippen LogP contribution < -0.4 is 5.32 Å². The molecule has 0 radical (unpaired) electrons. The highest BCUT2D eigenvalue weighted by Crippen LogP contribution is 2.24. The van der Waals surface area contributed by atoms with E-state index < -0.39 is 0 Å². The van der Waals surface area contributed by atoms with Crippen molar-refractivity contribution in [2.75, 3.05) is 13.1 Å². The maximum Gasteiger partial charge on any atom is 0.318 e. The number of hydrogen-bond donors (Lipinski definition) is 1. The van der Waals surface area contributed by atoms with Gasteiger partial charge in [0.05, 0.1) is 12.1 Å². The minimum absolute atomic E-state index is 0.139. The Balaban J connectivity index is 2.13.